The number of carboxylic acids is 1. The summed E-state index contributed by atoms with van der Waals surface area (Å²) in [5.41, 5.74) is -0.704. The molecule has 2 heterocycles. The highest BCUT2D eigenvalue weighted by atomic mass is 35.5. The minimum Gasteiger partial charge on any atom is -0.480 e. The van der Waals surface area contributed by atoms with Crippen molar-refractivity contribution in [1.82, 2.24) is 24.7 Å². The molecule has 1 saturated heterocycles. The summed E-state index contributed by atoms with van der Waals surface area (Å²) in [7, 11) is 0. The molecule has 0 radical (unpaired) electrons. The summed E-state index contributed by atoms with van der Waals surface area (Å²) >= 11 is 24.3. The van der Waals surface area contributed by atoms with Crippen LogP contribution in [0.5, 0.6) is 0 Å². The molecule has 2 aromatic carbocycles. The van der Waals surface area contributed by atoms with E-state index in [4.69, 9.17) is 46.4 Å². The molecular formula is C26H22Cl4N6O6. The number of carbonyl (C=O) groups is 4. The molecule has 1 atom stereocenters. The Kier molecular flexibility index (Phi) is 9.94. The fourth-order valence-corrected chi connectivity index (χ4v) is 5.25. The molecule has 4 rings (SSSR count). The normalized spacial score (nSPS) is 13.8. The predicted molar refractivity (Wildman–Crippen MR) is 157 cm³/mol. The Morgan fingerprint density at radius 3 is 1.88 bits per heavy atom. The number of amides is 4. The molecule has 0 aliphatic carbocycles. The lowest BCUT2D eigenvalue weighted by Crippen LogP contribution is -2.56. The number of hydrogen-bond donors (Lipinski definition) is 3. The summed E-state index contributed by atoms with van der Waals surface area (Å²) in [5.74, 6) is -2.57. The van der Waals surface area contributed by atoms with Gasteiger partial charge >= 0.3 is 17.7 Å². The quantitative estimate of drug-likeness (QED) is 0.350. The van der Waals surface area contributed by atoms with Crippen LogP contribution in [0.15, 0.2) is 53.5 Å². The van der Waals surface area contributed by atoms with E-state index in [2.05, 4.69) is 15.6 Å². The average molecular weight is 656 g/mol. The van der Waals surface area contributed by atoms with E-state index in [0.29, 0.717) is 0 Å². The van der Waals surface area contributed by atoms with Gasteiger partial charge in [-0.3, -0.25) is 14.2 Å². The van der Waals surface area contributed by atoms with Gasteiger partial charge in [-0.25, -0.2) is 14.4 Å². The third-order valence-corrected chi connectivity index (χ3v) is 7.57. The Balaban J connectivity index is 1.36. The van der Waals surface area contributed by atoms with Gasteiger partial charge in [0.15, 0.2) is 0 Å². The molecule has 0 unspecified atom stereocenters. The van der Waals surface area contributed by atoms with E-state index < -0.39 is 36.2 Å². The first-order valence-corrected chi connectivity index (χ1v) is 13.8. The Bertz CT molecular complexity index is 1570. The Hall–Kier alpha value is -3.84. The highest BCUT2D eigenvalue weighted by molar-refractivity contribution is 6.40. The topological polar surface area (TPSA) is 154 Å². The number of piperazine rings is 1. The lowest BCUT2D eigenvalue weighted by molar-refractivity contribution is -0.139. The van der Waals surface area contributed by atoms with Crippen molar-refractivity contribution in [2.24, 2.45) is 0 Å². The minimum absolute atomic E-state index is 0.00155. The van der Waals surface area contributed by atoms with E-state index in [1.165, 1.54) is 34.2 Å². The second-order valence-corrected chi connectivity index (χ2v) is 10.6. The van der Waals surface area contributed by atoms with Crippen molar-refractivity contribution in [3.05, 3.63) is 90.4 Å². The van der Waals surface area contributed by atoms with Crippen molar-refractivity contribution in [1.29, 1.82) is 0 Å². The van der Waals surface area contributed by atoms with Gasteiger partial charge < -0.3 is 25.5 Å². The van der Waals surface area contributed by atoms with Crippen LogP contribution >= 0.6 is 46.4 Å². The van der Waals surface area contributed by atoms with Crippen LogP contribution in [0, 0.1) is 0 Å². The van der Waals surface area contributed by atoms with Gasteiger partial charge in [0, 0.05) is 32.4 Å². The average Bonchev–Trinajstić information content (AvgIpc) is 2.93. The number of urea groups is 1. The molecule has 12 nitrogen and oxygen atoms in total. The van der Waals surface area contributed by atoms with Gasteiger partial charge in [0.2, 0.25) is 0 Å². The number of anilines is 1. The van der Waals surface area contributed by atoms with E-state index in [9.17, 15) is 29.1 Å². The number of hydrogen-bond acceptors (Lipinski definition) is 6. The summed E-state index contributed by atoms with van der Waals surface area (Å²) in [6, 6.07) is 8.36. The van der Waals surface area contributed by atoms with Crippen LogP contribution in [0.3, 0.4) is 0 Å². The zero-order chi connectivity index (χ0) is 30.6. The van der Waals surface area contributed by atoms with Crippen molar-refractivity contribution < 1.29 is 24.3 Å². The van der Waals surface area contributed by atoms with E-state index in [0.717, 1.165) is 4.57 Å². The third-order valence-electron chi connectivity index (χ3n) is 6.31. The van der Waals surface area contributed by atoms with Crippen LogP contribution in [0.1, 0.15) is 20.7 Å². The molecule has 0 saturated carbocycles. The standard InChI is InChI=1S/C26H22Cl4N6O6/c27-14-3-1-4-15(28)20(14)22(37)32-19-7-8-36(26(42)33-19)13-18(24(39)40)31-25(41)35-11-9-34(10-12-35)23(38)21-16(29)5-2-6-17(21)30/h1-8,18H,9-13H2,(H,31,41)(H,39,40)(H,32,33,37,42)/t18-/m0/s1. The Labute approximate surface area is 258 Å². The van der Waals surface area contributed by atoms with Crippen molar-refractivity contribution in [3.8, 4) is 0 Å². The number of carboxylic acid groups (broad SMARTS) is 1. The molecule has 42 heavy (non-hydrogen) atoms. The molecule has 0 spiro atoms. The van der Waals surface area contributed by atoms with Gasteiger partial charge in [0.25, 0.3) is 11.8 Å². The summed E-state index contributed by atoms with van der Waals surface area (Å²) < 4.78 is 0.973. The largest absolute Gasteiger partial charge is 0.480 e. The maximum absolute atomic E-state index is 12.9. The van der Waals surface area contributed by atoms with Crippen LogP contribution in [0.4, 0.5) is 10.6 Å². The van der Waals surface area contributed by atoms with E-state index in [1.54, 1.807) is 24.3 Å². The van der Waals surface area contributed by atoms with Crippen molar-refractivity contribution in [3.63, 3.8) is 0 Å². The molecule has 0 bridgehead atoms. The fraction of sp³-hybridized carbons (Fsp3) is 0.231. The molecule has 3 N–H and O–H groups in total. The SMILES string of the molecule is O=C(Nc1ccn(C[C@H](NC(=O)N2CCN(C(=O)c3c(Cl)cccc3Cl)CC2)C(=O)O)c(=O)n1)c1c(Cl)cccc1Cl. The van der Waals surface area contributed by atoms with Gasteiger partial charge in [-0.15, -0.1) is 0 Å². The number of nitrogens with zero attached hydrogens (tertiary/aromatic N) is 4. The van der Waals surface area contributed by atoms with Gasteiger partial charge in [-0.1, -0.05) is 58.5 Å². The molecule has 1 aromatic heterocycles. The number of carbonyl (C=O) groups excluding carboxylic acids is 3. The number of aromatic nitrogens is 2. The number of rotatable bonds is 7. The molecule has 220 valence electrons. The summed E-state index contributed by atoms with van der Waals surface area (Å²) in [5, 5.41) is 15.1. The number of aliphatic carboxylic acids is 1. The number of benzene rings is 2. The summed E-state index contributed by atoms with van der Waals surface area (Å²) in [6.07, 6.45) is 1.23. The highest BCUT2D eigenvalue weighted by Gasteiger charge is 2.30. The Morgan fingerprint density at radius 1 is 0.833 bits per heavy atom. The predicted octanol–water partition coefficient (Wildman–Crippen LogP) is 3.73. The van der Waals surface area contributed by atoms with Gasteiger partial charge in [0.1, 0.15) is 11.9 Å². The summed E-state index contributed by atoms with van der Waals surface area (Å²) in [4.78, 5) is 69.4. The molecule has 4 amide bonds. The Morgan fingerprint density at radius 2 is 1.36 bits per heavy atom. The third kappa shape index (κ3) is 7.13. The van der Waals surface area contributed by atoms with Crippen molar-refractivity contribution in [2.45, 2.75) is 12.6 Å². The second-order valence-electron chi connectivity index (χ2n) is 9.01. The zero-order valence-corrected chi connectivity index (χ0v) is 24.5. The first kappa shape index (κ1) is 31.1. The van der Waals surface area contributed by atoms with Gasteiger partial charge in [0.05, 0.1) is 37.8 Å². The maximum atomic E-state index is 12.9. The molecule has 1 aliphatic heterocycles. The zero-order valence-electron chi connectivity index (χ0n) is 21.5. The minimum atomic E-state index is -1.49. The maximum Gasteiger partial charge on any atom is 0.349 e. The van der Waals surface area contributed by atoms with Crippen LogP contribution < -0.4 is 16.3 Å². The van der Waals surface area contributed by atoms with Crippen molar-refractivity contribution in [2.75, 3.05) is 31.5 Å². The van der Waals surface area contributed by atoms with E-state index in [-0.39, 0.29) is 69.1 Å². The second kappa shape index (κ2) is 13.4. The monoisotopic (exact) mass is 654 g/mol. The van der Waals surface area contributed by atoms with Crippen molar-refractivity contribution >= 4 is 76.0 Å². The molecule has 3 aromatic rings. The summed E-state index contributed by atoms with van der Waals surface area (Å²) in [6.45, 7) is 0.138. The number of halogens is 4. The van der Waals surface area contributed by atoms with Crippen LogP contribution in [0.2, 0.25) is 20.1 Å². The van der Waals surface area contributed by atoms with E-state index >= 15 is 0 Å². The fourth-order valence-electron chi connectivity index (χ4n) is 4.13. The molecule has 1 fully saturated rings. The lowest BCUT2D eigenvalue weighted by Gasteiger charge is -2.35. The smallest absolute Gasteiger partial charge is 0.349 e. The first-order chi connectivity index (χ1) is 20.0. The highest BCUT2D eigenvalue weighted by Crippen LogP contribution is 2.26. The van der Waals surface area contributed by atoms with Gasteiger partial charge in [-0.05, 0) is 30.3 Å². The van der Waals surface area contributed by atoms with E-state index in [1.807, 2.05) is 0 Å². The molecule has 1 aliphatic rings. The first-order valence-electron chi connectivity index (χ1n) is 12.3. The van der Waals surface area contributed by atoms with Crippen LogP contribution in [-0.4, -0.2) is 80.5 Å². The van der Waals surface area contributed by atoms with Crippen LogP contribution in [0.25, 0.3) is 0 Å². The number of nitrogens with one attached hydrogen (secondary N) is 2. The lowest BCUT2D eigenvalue weighted by atomic mass is 10.1. The van der Waals surface area contributed by atoms with Gasteiger partial charge in [-0.2, -0.15) is 4.98 Å². The molecule has 16 heteroatoms. The van der Waals surface area contributed by atoms with Crippen LogP contribution in [-0.2, 0) is 11.3 Å². The molecular weight excluding hydrogens is 634 g/mol.